The molecular formula is C23H19FN4O3. The number of hydrogen-bond donors (Lipinski definition) is 1. The monoisotopic (exact) mass is 418 g/mol. The van der Waals surface area contributed by atoms with Crippen molar-refractivity contribution in [2.45, 2.75) is 20.4 Å². The van der Waals surface area contributed by atoms with E-state index >= 15 is 0 Å². The van der Waals surface area contributed by atoms with Gasteiger partial charge in [0.25, 0.3) is 11.4 Å². The first-order valence-electron chi connectivity index (χ1n) is 9.58. The number of carbonyl (C=O) groups excluding carboxylic acids is 1. The number of nitrogens with one attached hydrogen (secondary N) is 1. The van der Waals surface area contributed by atoms with Crippen LogP contribution in [0.2, 0.25) is 0 Å². The summed E-state index contributed by atoms with van der Waals surface area (Å²) in [6, 6.07) is 14.9. The summed E-state index contributed by atoms with van der Waals surface area (Å²) in [4.78, 5) is 29.7. The van der Waals surface area contributed by atoms with E-state index in [1.807, 2.05) is 31.2 Å². The van der Waals surface area contributed by atoms with E-state index in [0.717, 1.165) is 11.1 Å². The van der Waals surface area contributed by atoms with E-state index in [9.17, 15) is 14.0 Å². The molecule has 0 aliphatic carbocycles. The summed E-state index contributed by atoms with van der Waals surface area (Å²) in [5, 5.41) is 6.61. The van der Waals surface area contributed by atoms with Gasteiger partial charge in [-0.3, -0.25) is 9.59 Å². The SMILES string of the molecule is Cc1ccc(F)cc1NC(=O)Cn1cccc(-c2nc(-c3ccccc3C)no2)c1=O. The van der Waals surface area contributed by atoms with E-state index < -0.39 is 17.3 Å². The van der Waals surface area contributed by atoms with Gasteiger partial charge in [0.15, 0.2) is 0 Å². The van der Waals surface area contributed by atoms with Gasteiger partial charge < -0.3 is 14.4 Å². The Hall–Kier alpha value is -4.07. The molecule has 0 bridgehead atoms. The molecule has 0 atom stereocenters. The molecule has 0 radical (unpaired) electrons. The maximum absolute atomic E-state index is 13.4. The highest BCUT2D eigenvalue weighted by Gasteiger charge is 2.17. The Bertz CT molecular complexity index is 1330. The van der Waals surface area contributed by atoms with Crippen LogP contribution in [0.3, 0.4) is 0 Å². The van der Waals surface area contributed by atoms with Crippen LogP contribution in [0, 0.1) is 19.7 Å². The molecule has 31 heavy (non-hydrogen) atoms. The predicted molar refractivity (Wildman–Crippen MR) is 114 cm³/mol. The molecular weight excluding hydrogens is 399 g/mol. The fraction of sp³-hybridized carbons (Fsp3) is 0.130. The fourth-order valence-corrected chi connectivity index (χ4v) is 3.16. The highest BCUT2D eigenvalue weighted by Crippen LogP contribution is 2.23. The average molecular weight is 418 g/mol. The molecule has 0 fully saturated rings. The first-order valence-corrected chi connectivity index (χ1v) is 9.58. The summed E-state index contributed by atoms with van der Waals surface area (Å²) >= 11 is 0. The zero-order chi connectivity index (χ0) is 22.0. The average Bonchev–Trinajstić information content (AvgIpc) is 3.22. The third-order valence-corrected chi connectivity index (χ3v) is 4.85. The lowest BCUT2D eigenvalue weighted by atomic mass is 10.1. The largest absolute Gasteiger partial charge is 0.333 e. The lowest BCUT2D eigenvalue weighted by Crippen LogP contribution is -2.28. The van der Waals surface area contributed by atoms with E-state index in [0.29, 0.717) is 17.1 Å². The van der Waals surface area contributed by atoms with Gasteiger partial charge in [0, 0.05) is 17.4 Å². The lowest BCUT2D eigenvalue weighted by Gasteiger charge is -2.10. The van der Waals surface area contributed by atoms with Crippen LogP contribution in [0.1, 0.15) is 11.1 Å². The highest BCUT2D eigenvalue weighted by atomic mass is 19.1. The van der Waals surface area contributed by atoms with E-state index in [-0.39, 0.29) is 18.0 Å². The molecule has 0 aliphatic rings. The molecule has 0 aliphatic heterocycles. The number of amides is 1. The van der Waals surface area contributed by atoms with Crippen molar-refractivity contribution < 1.29 is 13.7 Å². The van der Waals surface area contributed by atoms with Gasteiger partial charge in [0.05, 0.1) is 0 Å². The Labute approximate surface area is 177 Å². The molecule has 2 heterocycles. The number of halogens is 1. The van der Waals surface area contributed by atoms with Crippen LogP contribution in [0.5, 0.6) is 0 Å². The highest BCUT2D eigenvalue weighted by molar-refractivity contribution is 5.91. The number of carbonyl (C=O) groups is 1. The summed E-state index contributed by atoms with van der Waals surface area (Å²) in [5.74, 6) is -0.471. The number of nitrogens with zero attached hydrogens (tertiary/aromatic N) is 3. The first-order chi connectivity index (χ1) is 14.9. The first kappa shape index (κ1) is 20.2. The van der Waals surface area contributed by atoms with Gasteiger partial charge in [-0.25, -0.2) is 4.39 Å². The lowest BCUT2D eigenvalue weighted by molar-refractivity contribution is -0.116. The number of benzene rings is 2. The third kappa shape index (κ3) is 4.28. The normalized spacial score (nSPS) is 10.8. The Morgan fingerprint density at radius 3 is 2.65 bits per heavy atom. The van der Waals surface area contributed by atoms with Gasteiger partial charge in [-0.2, -0.15) is 4.98 Å². The zero-order valence-corrected chi connectivity index (χ0v) is 16.9. The van der Waals surface area contributed by atoms with Crippen molar-refractivity contribution in [1.82, 2.24) is 14.7 Å². The second-order valence-electron chi connectivity index (χ2n) is 7.10. The van der Waals surface area contributed by atoms with E-state index in [2.05, 4.69) is 15.5 Å². The maximum atomic E-state index is 13.4. The Morgan fingerprint density at radius 2 is 1.84 bits per heavy atom. The quantitative estimate of drug-likeness (QED) is 0.530. The predicted octanol–water partition coefficient (Wildman–Crippen LogP) is 3.96. The van der Waals surface area contributed by atoms with Crippen molar-refractivity contribution in [3.05, 3.63) is 88.1 Å². The molecule has 4 aromatic rings. The van der Waals surface area contributed by atoms with Gasteiger partial charge in [-0.1, -0.05) is 35.5 Å². The zero-order valence-electron chi connectivity index (χ0n) is 16.9. The minimum absolute atomic E-state index is 0.0685. The van der Waals surface area contributed by atoms with Crippen LogP contribution in [-0.4, -0.2) is 20.6 Å². The minimum atomic E-state index is -0.459. The van der Waals surface area contributed by atoms with Gasteiger partial charge >= 0.3 is 0 Å². The van der Waals surface area contributed by atoms with Crippen molar-refractivity contribution in [2.24, 2.45) is 0 Å². The van der Waals surface area contributed by atoms with Crippen molar-refractivity contribution in [3.63, 3.8) is 0 Å². The van der Waals surface area contributed by atoms with E-state index in [1.54, 1.807) is 25.1 Å². The Morgan fingerprint density at radius 1 is 1.06 bits per heavy atom. The smallest absolute Gasteiger partial charge is 0.263 e. The van der Waals surface area contributed by atoms with Gasteiger partial charge in [-0.05, 0) is 49.2 Å². The molecule has 0 spiro atoms. The second kappa shape index (κ2) is 8.35. The molecule has 1 amide bonds. The molecule has 4 rings (SSSR count). The molecule has 2 aromatic carbocycles. The van der Waals surface area contributed by atoms with Crippen molar-refractivity contribution >= 4 is 11.6 Å². The van der Waals surface area contributed by atoms with Crippen LogP contribution < -0.4 is 10.9 Å². The van der Waals surface area contributed by atoms with Crippen LogP contribution in [-0.2, 0) is 11.3 Å². The molecule has 8 heteroatoms. The summed E-state index contributed by atoms with van der Waals surface area (Å²) < 4.78 is 20.0. The molecule has 0 unspecified atom stereocenters. The summed E-state index contributed by atoms with van der Waals surface area (Å²) in [7, 11) is 0. The van der Waals surface area contributed by atoms with Gasteiger partial charge in [-0.15, -0.1) is 0 Å². The number of pyridine rings is 1. The van der Waals surface area contributed by atoms with E-state index in [4.69, 9.17) is 4.52 Å². The molecule has 156 valence electrons. The minimum Gasteiger partial charge on any atom is -0.333 e. The number of aryl methyl sites for hydroxylation is 2. The van der Waals surface area contributed by atoms with Crippen LogP contribution in [0.15, 0.2) is 70.1 Å². The molecule has 0 saturated heterocycles. The number of anilines is 1. The molecule has 1 N–H and O–H groups in total. The van der Waals surface area contributed by atoms with Crippen LogP contribution in [0.25, 0.3) is 22.8 Å². The molecule has 2 aromatic heterocycles. The summed E-state index contributed by atoms with van der Waals surface area (Å²) in [6.07, 6.45) is 1.49. The van der Waals surface area contributed by atoms with Gasteiger partial charge in [0.1, 0.15) is 17.9 Å². The second-order valence-corrected chi connectivity index (χ2v) is 7.10. The van der Waals surface area contributed by atoms with Crippen molar-refractivity contribution in [3.8, 4) is 22.8 Å². The topological polar surface area (TPSA) is 90.0 Å². The van der Waals surface area contributed by atoms with Crippen LogP contribution >= 0.6 is 0 Å². The standard InChI is InChI=1S/C23H19FN4O3/c1-14-6-3-4-7-17(14)21-26-22(31-27-21)18-8-5-11-28(23(18)30)13-20(29)25-19-12-16(24)10-9-15(19)2/h3-12H,13H2,1-2H3,(H,25,29). The number of aromatic nitrogens is 3. The fourth-order valence-electron chi connectivity index (χ4n) is 3.16. The van der Waals surface area contributed by atoms with Crippen molar-refractivity contribution in [1.29, 1.82) is 0 Å². The Kier molecular flexibility index (Phi) is 5.44. The Balaban J connectivity index is 1.58. The summed E-state index contributed by atoms with van der Waals surface area (Å²) in [6.45, 7) is 3.44. The number of hydrogen-bond acceptors (Lipinski definition) is 5. The number of rotatable bonds is 5. The third-order valence-electron chi connectivity index (χ3n) is 4.85. The molecule has 7 nitrogen and oxygen atoms in total. The van der Waals surface area contributed by atoms with E-state index in [1.165, 1.54) is 22.9 Å². The van der Waals surface area contributed by atoms with Crippen LogP contribution in [0.4, 0.5) is 10.1 Å². The van der Waals surface area contributed by atoms with Gasteiger partial charge in [0.2, 0.25) is 11.7 Å². The molecule has 0 saturated carbocycles. The summed E-state index contributed by atoms with van der Waals surface area (Å²) in [5.41, 5.74) is 2.58. The van der Waals surface area contributed by atoms with Crippen molar-refractivity contribution in [2.75, 3.05) is 5.32 Å². The maximum Gasteiger partial charge on any atom is 0.263 e.